The largest absolute Gasteiger partial charge is 0.294 e. The van der Waals surface area contributed by atoms with Gasteiger partial charge in [-0.2, -0.15) is 0 Å². The molecule has 0 unspecified atom stereocenters. The lowest BCUT2D eigenvalue weighted by molar-refractivity contribution is 0.0993. The minimum Gasteiger partial charge on any atom is -0.294 e. The minimum atomic E-state index is 0.0508. The number of benzene rings is 2. The van der Waals surface area contributed by atoms with Crippen LogP contribution in [0.5, 0.6) is 0 Å². The van der Waals surface area contributed by atoms with Gasteiger partial charge in [0.1, 0.15) is 0 Å². The van der Waals surface area contributed by atoms with Gasteiger partial charge < -0.3 is 0 Å². The summed E-state index contributed by atoms with van der Waals surface area (Å²) in [4.78, 5) is 12.0. The average Bonchev–Trinajstić information content (AvgIpc) is 2.34. The third-order valence-electron chi connectivity index (χ3n) is 2.46. The Labute approximate surface area is 110 Å². The lowest BCUT2D eigenvalue weighted by atomic mass is 10.0. The highest BCUT2D eigenvalue weighted by molar-refractivity contribution is 6.35. The zero-order valence-electron chi connectivity index (χ0n) is 8.99. The van der Waals surface area contributed by atoms with Crippen LogP contribution in [0.4, 0.5) is 0 Å². The molecule has 0 radical (unpaired) electrons. The molecule has 0 saturated heterocycles. The fourth-order valence-electron chi connectivity index (χ4n) is 1.56. The highest BCUT2D eigenvalue weighted by Crippen LogP contribution is 2.22. The zero-order chi connectivity index (χ0) is 12.3. The first-order valence-electron chi connectivity index (χ1n) is 5.19. The molecule has 3 heteroatoms. The first-order valence-corrected chi connectivity index (χ1v) is 5.94. The molecule has 0 aliphatic carbocycles. The maximum absolute atomic E-state index is 12.0. The molecule has 0 amide bonds. The summed E-state index contributed by atoms with van der Waals surface area (Å²) in [5, 5.41) is 1.10. The van der Waals surface area contributed by atoms with E-state index >= 15 is 0 Å². The van der Waals surface area contributed by atoms with Gasteiger partial charge in [-0.15, -0.1) is 0 Å². The minimum absolute atomic E-state index is 0.0508. The Kier molecular flexibility index (Phi) is 3.82. The molecule has 0 aliphatic rings. The maximum atomic E-state index is 12.0. The number of halogens is 2. The van der Waals surface area contributed by atoms with Gasteiger partial charge in [-0.25, -0.2) is 0 Å². The summed E-state index contributed by atoms with van der Waals surface area (Å²) in [7, 11) is 0. The maximum Gasteiger partial charge on any atom is 0.167 e. The van der Waals surface area contributed by atoms with Crippen LogP contribution in [0.3, 0.4) is 0 Å². The van der Waals surface area contributed by atoms with Gasteiger partial charge in [-0.05, 0) is 17.7 Å². The SMILES string of the molecule is O=C(Cc1ccc(Cl)cc1Cl)c1ccccc1. The van der Waals surface area contributed by atoms with Crippen molar-refractivity contribution < 1.29 is 4.79 Å². The van der Waals surface area contributed by atoms with Crippen molar-refractivity contribution >= 4 is 29.0 Å². The summed E-state index contributed by atoms with van der Waals surface area (Å²) in [6.07, 6.45) is 0.292. The summed E-state index contributed by atoms with van der Waals surface area (Å²) in [5.74, 6) is 0.0508. The van der Waals surface area contributed by atoms with Crippen LogP contribution in [0, 0.1) is 0 Å². The second-order valence-corrected chi connectivity index (χ2v) is 4.55. The topological polar surface area (TPSA) is 17.1 Å². The molecule has 0 saturated carbocycles. The van der Waals surface area contributed by atoms with Crippen LogP contribution >= 0.6 is 23.2 Å². The van der Waals surface area contributed by atoms with Crippen molar-refractivity contribution in [2.45, 2.75) is 6.42 Å². The highest BCUT2D eigenvalue weighted by Gasteiger charge is 2.09. The zero-order valence-corrected chi connectivity index (χ0v) is 10.5. The van der Waals surface area contributed by atoms with E-state index in [-0.39, 0.29) is 5.78 Å². The van der Waals surface area contributed by atoms with Crippen molar-refractivity contribution in [2.75, 3.05) is 0 Å². The lowest BCUT2D eigenvalue weighted by Gasteiger charge is -2.04. The molecule has 86 valence electrons. The van der Waals surface area contributed by atoms with E-state index in [0.717, 1.165) is 5.56 Å². The Morgan fingerprint density at radius 2 is 1.71 bits per heavy atom. The normalized spacial score (nSPS) is 10.2. The Morgan fingerprint density at radius 1 is 1.00 bits per heavy atom. The van der Waals surface area contributed by atoms with Crippen LogP contribution in [0.2, 0.25) is 10.0 Å². The molecule has 0 fully saturated rings. The van der Waals surface area contributed by atoms with Gasteiger partial charge in [-0.1, -0.05) is 59.6 Å². The van der Waals surface area contributed by atoms with Gasteiger partial charge >= 0.3 is 0 Å². The number of hydrogen-bond acceptors (Lipinski definition) is 1. The third kappa shape index (κ3) is 3.09. The smallest absolute Gasteiger partial charge is 0.167 e. The van der Waals surface area contributed by atoms with E-state index < -0.39 is 0 Å². The fourth-order valence-corrected chi connectivity index (χ4v) is 2.04. The molecule has 0 heterocycles. The monoisotopic (exact) mass is 264 g/mol. The fraction of sp³-hybridized carbons (Fsp3) is 0.0714. The standard InChI is InChI=1S/C14H10Cl2O/c15-12-7-6-11(13(16)9-12)8-14(17)10-4-2-1-3-5-10/h1-7,9H,8H2. The Balaban J connectivity index is 2.19. The number of carbonyl (C=O) groups excluding carboxylic acids is 1. The molecule has 0 atom stereocenters. The number of ketones is 1. The quantitative estimate of drug-likeness (QED) is 0.751. The number of carbonyl (C=O) groups is 1. The van der Waals surface area contributed by atoms with E-state index in [1.165, 1.54) is 0 Å². The molecule has 2 aromatic carbocycles. The summed E-state index contributed by atoms with van der Waals surface area (Å²) >= 11 is 11.8. The third-order valence-corrected chi connectivity index (χ3v) is 3.05. The summed E-state index contributed by atoms with van der Waals surface area (Å²) in [5.41, 5.74) is 1.49. The van der Waals surface area contributed by atoms with Crippen LogP contribution in [0.1, 0.15) is 15.9 Å². The van der Waals surface area contributed by atoms with E-state index in [9.17, 15) is 4.79 Å². The molecule has 0 spiro atoms. The molecule has 2 aromatic rings. The second-order valence-electron chi connectivity index (χ2n) is 3.70. The van der Waals surface area contributed by atoms with E-state index in [1.807, 2.05) is 18.2 Å². The average molecular weight is 265 g/mol. The summed E-state index contributed by atoms with van der Waals surface area (Å²) < 4.78 is 0. The van der Waals surface area contributed by atoms with E-state index in [4.69, 9.17) is 23.2 Å². The van der Waals surface area contributed by atoms with Crippen molar-refractivity contribution in [3.05, 3.63) is 69.7 Å². The predicted octanol–water partition coefficient (Wildman–Crippen LogP) is 4.42. The molecular formula is C14H10Cl2O. The van der Waals surface area contributed by atoms with E-state index in [0.29, 0.717) is 22.0 Å². The molecule has 0 bridgehead atoms. The van der Waals surface area contributed by atoms with Crippen molar-refractivity contribution in [3.8, 4) is 0 Å². The van der Waals surface area contributed by atoms with Gasteiger partial charge in [0.25, 0.3) is 0 Å². The van der Waals surface area contributed by atoms with Gasteiger partial charge in [0.15, 0.2) is 5.78 Å². The Morgan fingerprint density at radius 3 is 2.35 bits per heavy atom. The van der Waals surface area contributed by atoms with E-state index in [2.05, 4.69) is 0 Å². The first-order chi connectivity index (χ1) is 8.16. The molecule has 0 N–H and O–H groups in total. The number of Topliss-reactive ketones (excluding diaryl/α,β-unsaturated/α-hetero) is 1. The van der Waals surface area contributed by atoms with Crippen molar-refractivity contribution in [1.29, 1.82) is 0 Å². The van der Waals surface area contributed by atoms with Crippen molar-refractivity contribution in [1.82, 2.24) is 0 Å². The highest BCUT2D eigenvalue weighted by atomic mass is 35.5. The van der Waals surface area contributed by atoms with E-state index in [1.54, 1.807) is 30.3 Å². The van der Waals surface area contributed by atoms with Crippen molar-refractivity contribution in [3.63, 3.8) is 0 Å². The van der Waals surface area contributed by atoms with Gasteiger partial charge in [0, 0.05) is 22.0 Å². The summed E-state index contributed by atoms with van der Waals surface area (Å²) in [6, 6.07) is 14.3. The van der Waals surface area contributed by atoms with Gasteiger partial charge in [-0.3, -0.25) is 4.79 Å². The first kappa shape index (κ1) is 12.2. The predicted molar refractivity (Wildman–Crippen MR) is 70.9 cm³/mol. The van der Waals surface area contributed by atoms with Gasteiger partial charge in [0.2, 0.25) is 0 Å². The molecule has 0 aromatic heterocycles. The molecule has 1 nitrogen and oxygen atoms in total. The second kappa shape index (κ2) is 5.35. The number of hydrogen-bond donors (Lipinski definition) is 0. The lowest BCUT2D eigenvalue weighted by Crippen LogP contribution is -2.03. The van der Waals surface area contributed by atoms with Crippen LogP contribution in [-0.4, -0.2) is 5.78 Å². The number of rotatable bonds is 3. The van der Waals surface area contributed by atoms with Crippen molar-refractivity contribution in [2.24, 2.45) is 0 Å². The summed E-state index contributed by atoms with van der Waals surface area (Å²) in [6.45, 7) is 0. The molecule has 17 heavy (non-hydrogen) atoms. The Bertz CT molecular complexity index is 535. The van der Waals surface area contributed by atoms with Crippen LogP contribution < -0.4 is 0 Å². The van der Waals surface area contributed by atoms with Gasteiger partial charge in [0.05, 0.1) is 0 Å². The molecular weight excluding hydrogens is 255 g/mol. The molecule has 0 aliphatic heterocycles. The van der Waals surface area contributed by atoms with Crippen LogP contribution in [0.15, 0.2) is 48.5 Å². The Hall–Kier alpha value is -1.31. The molecule has 2 rings (SSSR count). The van der Waals surface area contributed by atoms with Crippen LogP contribution in [0.25, 0.3) is 0 Å². The van der Waals surface area contributed by atoms with Crippen LogP contribution in [-0.2, 0) is 6.42 Å².